The first-order chi connectivity index (χ1) is 11.3. The summed E-state index contributed by atoms with van der Waals surface area (Å²) in [7, 11) is 0. The van der Waals surface area contributed by atoms with Crippen LogP contribution in [0.5, 0.6) is 0 Å². The van der Waals surface area contributed by atoms with Crippen LogP contribution < -0.4 is 5.73 Å². The molecule has 0 saturated carbocycles. The summed E-state index contributed by atoms with van der Waals surface area (Å²) in [6.07, 6.45) is -3.38. The summed E-state index contributed by atoms with van der Waals surface area (Å²) in [5.41, 5.74) is 6.20. The van der Waals surface area contributed by atoms with Crippen LogP contribution in [0.3, 0.4) is 0 Å². The van der Waals surface area contributed by atoms with E-state index in [0.29, 0.717) is 12.1 Å². The minimum absolute atomic E-state index is 0.0146. The summed E-state index contributed by atoms with van der Waals surface area (Å²) in [6, 6.07) is 12.4. The summed E-state index contributed by atoms with van der Waals surface area (Å²) >= 11 is 0. The van der Waals surface area contributed by atoms with Crippen LogP contribution in [-0.4, -0.2) is 17.1 Å². The number of amidine groups is 1. The topological polar surface area (TPSA) is 77.0 Å². The molecule has 2 rings (SSSR count). The monoisotopic (exact) mass is 334 g/mol. The molecule has 0 heterocycles. The molecule has 0 aliphatic rings. The molecule has 0 fully saturated rings. The van der Waals surface area contributed by atoms with Crippen LogP contribution in [0.2, 0.25) is 0 Å². The zero-order valence-corrected chi connectivity index (χ0v) is 12.8. The second-order valence-electron chi connectivity index (χ2n) is 5.28. The van der Waals surface area contributed by atoms with Crippen molar-refractivity contribution in [2.75, 3.05) is 5.73 Å². The molecule has 24 heavy (non-hydrogen) atoms. The van der Waals surface area contributed by atoms with Crippen LogP contribution in [-0.2, 0) is 19.1 Å². The van der Waals surface area contributed by atoms with Gasteiger partial charge in [-0.1, -0.05) is 36.4 Å². The highest BCUT2D eigenvalue weighted by molar-refractivity contribution is 5.91. The third kappa shape index (κ3) is 4.34. The van der Waals surface area contributed by atoms with Gasteiger partial charge < -0.3 is 10.6 Å². The molecule has 4 nitrogen and oxygen atoms in total. The van der Waals surface area contributed by atoms with Gasteiger partial charge in [-0.2, -0.15) is 13.2 Å². The Morgan fingerprint density at radius 3 is 2.33 bits per heavy atom. The number of alkyl halides is 3. The first-order valence-electron chi connectivity index (χ1n) is 7.15. The number of nitrogen functional groups attached to an aromatic ring is 1. The lowest BCUT2D eigenvalue weighted by atomic mass is 10.0. The maximum absolute atomic E-state index is 12.7. The third-order valence-electron chi connectivity index (χ3n) is 3.53. The predicted octanol–water partition coefficient (Wildman–Crippen LogP) is 3.92. The van der Waals surface area contributed by atoms with Crippen LogP contribution in [0.25, 0.3) is 0 Å². The molecule has 7 heteroatoms. The van der Waals surface area contributed by atoms with Crippen molar-refractivity contribution in [2.24, 2.45) is 0 Å². The molecule has 0 radical (unpaired) electrons. The SMILES string of the molecule is N=CN(Cc1ccccc1)C(=N)Cc1ccc(C(F)(F)F)cc1N. The lowest BCUT2D eigenvalue weighted by Crippen LogP contribution is -2.30. The van der Waals surface area contributed by atoms with Crippen molar-refractivity contribution in [1.82, 2.24) is 4.90 Å². The molecule has 0 aromatic heterocycles. The van der Waals surface area contributed by atoms with E-state index in [1.54, 1.807) is 0 Å². The van der Waals surface area contributed by atoms with Crippen molar-refractivity contribution < 1.29 is 13.2 Å². The highest BCUT2D eigenvalue weighted by atomic mass is 19.4. The second-order valence-corrected chi connectivity index (χ2v) is 5.28. The van der Waals surface area contributed by atoms with Gasteiger partial charge in [-0.15, -0.1) is 0 Å². The Morgan fingerprint density at radius 1 is 1.12 bits per heavy atom. The molecule has 0 saturated heterocycles. The molecule has 0 amide bonds. The van der Waals surface area contributed by atoms with Crippen molar-refractivity contribution in [1.29, 1.82) is 10.8 Å². The molecule has 2 aromatic carbocycles. The smallest absolute Gasteiger partial charge is 0.398 e. The molecule has 0 bridgehead atoms. The average molecular weight is 334 g/mol. The van der Waals surface area contributed by atoms with Gasteiger partial charge in [0, 0.05) is 12.1 Å². The van der Waals surface area contributed by atoms with Crippen LogP contribution in [0.1, 0.15) is 16.7 Å². The Hall–Kier alpha value is -2.83. The molecule has 4 N–H and O–H groups in total. The first-order valence-corrected chi connectivity index (χ1v) is 7.15. The van der Waals surface area contributed by atoms with E-state index in [1.807, 2.05) is 30.3 Å². The van der Waals surface area contributed by atoms with Crippen molar-refractivity contribution in [3.8, 4) is 0 Å². The highest BCUT2D eigenvalue weighted by Gasteiger charge is 2.30. The zero-order valence-electron chi connectivity index (χ0n) is 12.8. The van der Waals surface area contributed by atoms with Gasteiger partial charge in [0.15, 0.2) is 0 Å². The van der Waals surface area contributed by atoms with Crippen LogP contribution in [0, 0.1) is 10.8 Å². The maximum atomic E-state index is 12.7. The molecule has 2 aromatic rings. The molecular formula is C17H17F3N4. The van der Waals surface area contributed by atoms with Gasteiger partial charge >= 0.3 is 6.18 Å². The Bertz CT molecular complexity index is 726. The van der Waals surface area contributed by atoms with Gasteiger partial charge in [0.2, 0.25) is 0 Å². The van der Waals surface area contributed by atoms with Crippen LogP contribution in [0.4, 0.5) is 18.9 Å². The lowest BCUT2D eigenvalue weighted by molar-refractivity contribution is -0.137. The number of rotatable bonds is 5. The number of hydrogen-bond acceptors (Lipinski definition) is 3. The largest absolute Gasteiger partial charge is 0.416 e. The quantitative estimate of drug-likeness (QED) is 0.440. The number of nitrogens with two attached hydrogens (primary N) is 1. The van der Waals surface area contributed by atoms with Gasteiger partial charge in [-0.3, -0.25) is 10.8 Å². The lowest BCUT2D eigenvalue weighted by Gasteiger charge is -2.20. The summed E-state index contributed by atoms with van der Waals surface area (Å²) in [4.78, 5) is 1.41. The van der Waals surface area contributed by atoms with Crippen LogP contribution >= 0.6 is 0 Å². The minimum atomic E-state index is -4.45. The molecular weight excluding hydrogens is 317 g/mol. The number of benzene rings is 2. The van der Waals surface area contributed by atoms with Crippen molar-refractivity contribution in [2.45, 2.75) is 19.1 Å². The number of halogens is 3. The third-order valence-corrected chi connectivity index (χ3v) is 3.53. The Balaban J connectivity index is 2.11. The summed E-state index contributed by atoms with van der Waals surface area (Å²) in [6.45, 7) is 0.337. The van der Waals surface area contributed by atoms with Crippen LogP contribution in [0.15, 0.2) is 48.5 Å². The Kier molecular flexibility index (Phi) is 5.23. The van der Waals surface area contributed by atoms with E-state index in [0.717, 1.165) is 24.0 Å². The van der Waals surface area contributed by atoms with Gasteiger partial charge in [0.1, 0.15) is 5.84 Å². The number of anilines is 1. The van der Waals surface area contributed by atoms with E-state index in [1.165, 1.54) is 11.0 Å². The fraction of sp³-hybridized carbons (Fsp3) is 0.176. The average Bonchev–Trinajstić information content (AvgIpc) is 2.54. The summed E-state index contributed by atoms with van der Waals surface area (Å²) in [5.74, 6) is 0.0836. The Labute approximate surface area is 137 Å². The Morgan fingerprint density at radius 2 is 1.79 bits per heavy atom. The highest BCUT2D eigenvalue weighted by Crippen LogP contribution is 2.31. The van der Waals surface area contributed by atoms with Gasteiger partial charge in [0.05, 0.1) is 18.4 Å². The number of hydrogen-bond donors (Lipinski definition) is 3. The van der Waals surface area contributed by atoms with E-state index < -0.39 is 11.7 Å². The molecule has 126 valence electrons. The van der Waals surface area contributed by atoms with E-state index in [9.17, 15) is 13.2 Å². The van der Waals surface area contributed by atoms with E-state index in [4.69, 9.17) is 16.6 Å². The maximum Gasteiger partial charge on any atom is 0.416 e. The van der Waals surface area contributed by atoms with E-state index in [-0.39, 0.29) is 17.9 Å². The molecule has 0 aliphatic heterocycles. The van der Waals surface area contributed by atoms with E-state index in [2.05, 4.69) is 0 Å². The van der Waals surface area contributed by atoms with Gasteiger partial charge in [-0.05, 0) is 23.3 Å². The second kappa shape index (κ2) is 7.16. The van der Waals surface area contributed by atoms with Crippen molar-refractivity contribution >= 4 is 17.9 Å². The minimum Gasteiger partial charge on any atom is -0.398 e. The zero-order chi connectivity index (χ0) is 17.7. The molecule has 0 aliphatic carbocycles. The number of nitrogens with one attached hydrogen (secondary N) is 2. The molecule has 0 unspecified atom stereocenters. The normalized spacial score (nSPS) is 11.1. The van der Waals surface area contributed by atoms with Gasteiger partial charge in [0.25, 0.3) is 0 Å². The van der Waals surface area contributed by atoms with Crippen molar-refractivity contribution in [3.63, 3.8) is 0 Å². The fourth-order valence-corrected chi connectivity index (χ4v) is 2.21. The summed E-state index contributed by atoms with van der Waals surface area (Å²) in [5, 5.41) is 15.6. The predicted molar refractivity (Wildman–Crippen MR) is 88.1 cm³/mol. The summed E-state index contributed by atoms with van der Waals surface area (Å²) < 4.78 is 38.0. The van der Waals surface area contributed by atoms with Gasteiger partial charge in [-0.25, -0.2) is 0 Å². The standard InChI is InChI=1S/C17H17F3N4/c18-17(19,20)14-7-6-13(15(22)9-14)8-16(23)24(11-21)10-12-4-2-1-3-5-12/h1-7,9,11,21,23H,8,10,22H2. The molecule has 0 spiro atoms. The number of nitrogens with zero attached hydrogens (tertiary/aromatic N) is 1. The fourth-order valence-electron chi connectivity index (χ4n) is 2.21. The van der Waals surface area contributed by atoms with Crippen molar-refractivity contribution in [3.05, 3.63) is 65.2 Å². The van der Waals surface area contributed by atoms with E-state index >= 15 is 0 Å². The molecule has 0 atom stereocenters. The first kappa shape index (κ1) is 17.5.